The van der Waals surface area contributed by atoms with Crippen molar-refractivity contribution in [2.45, 2.75) is 11.1 Å². The Kier molecular flexibility index (Phi) is 2.92. The smallest absolute Gasteiger partial charge is 0.270 e. The maximum atomic E-state index is 12.7. The molecule has 1 aliphatic rings. The lowest BCUT2D eigenvalue weighted by atomic mass is 10.2. The summed E-state index contributed by atoms with van der Waals surface area (Å²) in [6.07, 6.45) is -1.24. The van der Waals surface area contributed by atoms with Gasteiger partial charge < -0.3 is 9.84 Å². The van der Waals surface area contributed by atoms with Crippen LogP contribution >= 0.6 is 0 Å². The van der Waals surface area contributed by atoms with Crippen LogP contribution in [0.25, 0.3) is 0 Å². The number of aliphatic hydroxyl groups is 1. The van der Waals surface area contributed by atoms with Gasteiger partial charge in [-0.15, -0.1) is 0 Å². The van der Waals surface area contributed by atoms with Gasteiger partial charge >= 0.3 is 0 Å². The van der Waals surface area contributed by atoms with Crippen LogP contribution in [0, 0.1) is 0 Å². The second kappa shape index (κ2) is 4.50. The molecule has 0 bridgehead atoms. The Labute approximate surface area is 117 Å². The number of hydrogen-bond donors (Lipinski definition) is 1. The minimum Gasteiger partial charge on any atom is -0.495 e. The summed E-state index contributed by atoms with van der Waals surface area (Å²) in [6.45, 7) is 0. The van der Waals surface area contributed by atoms with Gasteiger partial charge in [0.2, 0.25) is 0 Å². The number of ether oxygens (including phenoxy) is 1. The average Bonchev–Trinajstić information content (AvgIpc) is 2.67. The van der Waals surface area contributed by atoms with Gasteiger partial charge in [-0.2, -0.15) is 0 Å². The van der Waals surface area contributed by atoms with Crippen molar-refractivity contribution in [3.63, 3.8) is 0 Å². The van der Waals surface area contributed by atoms with Crippen LogP contribution < -0.4 is 9.04 Å². The molecule has 2 aromatic rings. The van der Waals surface area contributed by atoms with E-state index < -0.39 is 16.3 Å². The van der Waals surface area contributed by atoms with E-state index in [1.54, 1.807) is 48.5 Å². The number of fused-ring (bicyclic) bond motifs is 1. The normalized spacial score (nSPS) is 19.7. The van der Waals surface area contributed by atoms with E-state index in [0.29, 0.717) is 11.3 Å². The fourth-order valence-electron chi connectivity index (χ4n) is 2.38. The highest BCUT2D eigenvalue weighted by molar-refractivity contribution is 7.93. The van der Waals surface area contributed by atoms with E-state index >= 15 is 0 Å². The van der Waals surface area contributed by atoms with Gasteiger partial charge in [0.15, 0.2) is 6.23 Å². The summed E-state index contributed by atoms with van der Waals surface area (Å²) in [6, 6.07) is 13.3. The molecule has 1 atom stereocenters. The largest absolute Gasteiger partial charge is 0.495 e. The number of benzene rings is 2. The Morgan fingerprint density at radius 3 is 2.45 bits per heavy atom. The highest BCUT2D eigenvalue weighted by Gasteiger charge is 2.44. The van der Waals surface area contributed by atoms with E-state index in [1.807, 2.05) is 0 Å². The number of nitrogens with zero attached hydrogens (tertiary/aromatic N) is 1. The third-order valence-corrected chi connectivity index (χ3v) is 5.14. The zero-order valence-electron chi connectivity index (χ0n) is 10.7. The van der Waals surface area contributed by atoms with Gasteiger partial charge in [0.1, 0.15) is 10.6 Å². The molecule has 0 aromatic heterocycles. The number of sulfonamides is 1. The number of methoxy groups -OCH3 is 1. The Morgan fingerprint density at radius 1 is 1.10 bits per heavy atom. The summed E-state index contributed by atoms with van der Waals surface area (Å²) in [5, 5.41) is 10.3. The first-order chi connectivity index (χ1) is 9.57. The van der Waals surface area contributed by atoms with Gasteiger partial charge in [0, 0.05) is 5.56 Å². The molecular weight excluding hydrogens is 278 g/mol. The third kappa shape index (κ3) is 1.69. The van der Waals surface area contributed by atoms with Crippen molar-refractivity contribution in [1.82, 2.24) is 0 Å². The van der Waals surface area contributed by atoms with Crippen LogP contribution in [0.5, 0.6) is 5.75 Å². The SMILES string of the molecule is COc1cccc2c1S(=O)(=O)N(c1ccccc1)C2O. The van der Waals surface area contributed by atoms with Crippen LogP contribution in [0.1, 0.15) is 11.8 Å². The lowest BCUT2D eigenvalue weighted by Crippen LogP contribution is -2.27. The van der Waals surface area contributed by atoms with Crippen molar-refractivity contribution in [1.29, 1.82) is 0 Å². The molecule has 1 heterocycles. The van der Waals surface area contributed by atoms with Crippen molar-refractivity contribution >= 4 is 15.7 Å². The van der Waals surface area contributed by atoms with E-state index in [9.17, 15) is 13.5 Å². The van der Waals surface area contributed by atoms with Crippen molar-refractivity contribution in [3.8, 4) is 5.75 Å². The lowest BCUT2D eigenvalue weighted by molar-refractivity contribution is 0.192. The zero-order chi connectivity index (χ0) is 14.3. The predicted molar refractivity (Wildman–Crippen MR) is 74.1 cm³/mol. The molecule has 3 rings (SSSR count). The van der Waals surface area contributed by atoms with E-state index in [4.69, 9.17) is 4.74 Å². The fourth-order valence-corrected chi connectivity index (χ4v) is 4.23. The van der Waals surface area contributed by atoms with Crippen molar-refractivity contribution in [2.75, 3.05) is 11.4 Å². The molecule has 2 aromatic carbocycles. The highest BCUT2D eigenvalue weighted by Crippen LogP contribution is 2.45. The maximum Gasteiger partial charge on any atom is 0.270 e. The molecule has 0 fully saturated rings. The Balaban J connectivity index is 2.24. The molecule has 1 aliphatic heterocycles. The zero-order valence-corrected chi connectivity index (χ0v) is 11.5. The summed E-state index contributed by atoms with van der Waals surface area (Å²) in [4.78, 5) is 0.0267. The second-order valence-electron chi connectivity index (χ2n) is 4.39. The van der Waals surface area contributed by atoms with Crippen LogP contribution in [0.3, 0.4) is 0 Å². The predicted octanol–water partition coefficient (Wildman–Crippen LogP) is 1.90. The minimum absolute atomic E-state index is 0.0267. The lowest BCUT2D eigenvalue weighted by Gasteiger charge is -2.21. The number of anilines is 1. The van der Waals surface area contributed by atoms with Crippen molar-refractivity contribution in [3.05, 3.63) is 54.1 Å². The molecule has 104 valence electrons. The van der Waals surface area contributed by atoms with Gasteiger partial charge in [0.05, 0.1) is 12.8 Å². The monoisotopic (exact) mass is 291 g/mol. The Hall–Kier alpha value is -2.05. The Bertz CT molecular complexity index is 743. The van der Waals surface area contributed by atoms with E-state index in [-0.39, 0.29) is 10.6 Å². The van der Waals surface area contributed by atoms with Crippen molar-refractivity contribution in [2.24, 2.45) is 0 Å². The molecule has 5 nitrogen and oxygen atoms in total. The van der Waals surface area contributed by atoms with Crippen LogP contribution in [-0.2, 0) is 10.0 Å². The first-order valence-electron chi connectivity index (χ1n) is 6.02. The molecular formula is C14H13NO4S. The molecule has 0 saturated carbocycles. The van der Waals surface area contributed by atoms with Gasteiger partial charge in [-0.1, -0.05) is 30.3 Å². The first kappa shape index (κ1) is 13.0. The van der Waals surface area contributed by atoms with Gasteiger partial charge in [0.25, 0.3) is 10.0 Å². The van der Waals surface area contributed by atoms with Crippen LogP contribution in [0.4, 0.5) is 5.69 Å². The van der Waals surface area contributed by atoms with E-state index in [0.717, 1.165) is 4.31 Å². The van der Waals surface area contributed by atoms with Crippen LogP contribution in [-0.4, -0.2) is 20.6 Å². The number of aliphatic hydroxyl groups excluding tert-OH is 1. The Morgan fingerprint density at radius 2 is 1.80 bits per heavy atom. The first-order valence-corrected chi connectivity index (χ1v) is 7.46. The van der Waals surface area contributed by atoms with Gasteiger partial charge in [-0.05, 0) is 18.2 Å². The molecule has 0 radical (unpaired) electrons. The molecule has 0 aliphatic carbocycles. The topological polar surface area (TPSA) is 66.8 Å². The van der Waals surface area contributed by atoms with Gasteiger partial charge in [-0.3, -0.25) is 0 Å². The molecule has 1 N–H and O–H groups in total. The van der Waals surface area contributed by atoms with E-state index in [2.05, 4.69) is 0 Å². The molecule has 1 unspecified atom stereocenters. The maximum absolute atomic E-state index is 12.7. The number of hydrogen-bond acceptors (Lipinski definition) is 4. The summed E-state index contributed by atoms with van der Waals surface area (Å²) in [5.41, 5.74) is 0.742. The van der Waals surface area contributed by atoms with Gasteiger partial charge in [-0.25, -0.2) is 12.7 Å². The third-order valence-electron chi connectivity index (χ3n) is 3.26. The molecule has 0 amide bonds. The fraction of sp³-hybridized carbons (Fsp3) is 0.143. The summed E-state index contributed by atoms with van der Waals surface area (Å²) >= 11 is 0. The van der Waals surface area contributed by atoms with E-state index in [1.165, 1.54) is 7.11 Å². The summed E-state index contributed by atoms with van der Waals surface area (Å²) < 4.78 is 31.4. The standard InChI is InChI=1S/C14H13NO4S/c1-19-12-9-5-8-11-13(12)20(17,18)15(14(11)16)10-6-3-2-4-7-10/h2-9,14,16H,1H3. The molecule has 6 heteroatoms. The molecule has 20 heavy (non-hydrogen) atoms. The summed E-state index contributed by atoms with van der Waals surface area (Å²) in [7, 11) is -2.43. The van der Waals surface area contributed by atoms with Crippen molar-refractivity contribution < 1.29 is 18.3 Å². The highest BCUT2D eigenvalue weighted by atomic mass is 32.2. The number of rotatable bonds is 2. The summed E-state index contributed by atoms with van der Waals surface area (Å²) in [5.74, 6) is 0.236. The van der Waals surface area contributed by atoms with Crippen LogP contribution in [0.2, 0.25) is 0 Å². The quantitative estimate of drug-likeness (QED) is 0.917. The van der Waals surface area contributed by atoms with Crippen LogP contribution in [0.15, 0.2) is 53.4 Å². The molecule has 0 saturated heterocycles. The second-order valence-corrected chi connectivity index (χ2v) is 6.14. The average molecular weight is 291 g/mol. The minimum atomic E-state index is -3.83. The molecule has 0 spiro atoms. The number of para-hydroxylation sites is 1.